The summed E-state index contributed by atoms with van der Waals surface area (Å²) in [5.41, 5.74) is 1.91. The topological polar surface area (TPSA) is 77.2 Å². The first-order valence-corrected chi connectivity index (χ1v) is 7.62. The zero-order valence-electron chi connectivity index (χ0n) is 13.1. The van der Waals surface area contributed by atoms with Crippen molar-refractivity contribution < 1.29 is 14.3 Å². The van der Waals surface area contributed by atoms with Crippen molar-refractivity contribution in [3.63, 3.8) is 0 Å². The van der Waals surface area contributed by atoms with E-state index in [0.717, 1.165) is 5.56 Å². The van der Waals surface area contributed by atoms with E-state index >= 15 is 0 Å². The van der Waals surface area contributed by atoms with Gasteiger partial charge in [-0.3, -0.25) is 4.79 Å². The van der Waals surface area contributed by atoms with Gasteiger partial charge in [-0.15, -0.1) is 0 Å². The number of β-amino-alcohol motifs (C(OH)–C–C–N with tert-alkyl or cyclic N) is 1. The average Bonchev–Trinajstić information content (AvgIpc) is 2.96. The number of hydrogen-bond donors (Lipinski definition) is 1. The van der Waals surface area contributed by atoms with Crippen LogP contribution in [0.2, 0.25) is 0 Å². The number of likely N-dealkylation sites (tertiary alicyclic amines) is 1. The van der Waals surface area contributed by atoms with Crippen LogP contribution in [0.25, 0.3) is 0 Å². The van der Waals surface area contributed by atoms with E-state index in [0.29, 0.717) is 17.7 Å². The number of aryl methyl sites for hydroxylation is 1. The second-order valence-corrected chi connectivity index (χ2v) is 5.86. The summed E-state index contributed by atoms with van der Waals surface area (Å²) in [6.45, 7) is 1.87. The summed E-state index contributed by atoms with van der Waals surface area (Å²) >= 11 is 0. The Bertz CT molecular complexity index is 814. The van der Waals surface area contributed by atoms with Crippen LogP contribution in [0.1, 0.15) is 39.8 Å². The summed E-state index contributed by atoms with van der Waals surface area (Å²) in [5.74, 6) is -0.659. The smallest absolute Gasteiger partial charge is 0.273 e. The van der Waals surface area contributed by atoms with Crippen LogP contribution in [0.4, 0.5) is 4.39 Å². The van der Waals surface area contributed by atoms with Gasteiger partial charge in [-0.25, -0.2) is 9.37 Å². The van der Waals surface area contributed by atoms with Crippen LogP contribution in [0, 0.1) is 24.1 Å². The quantitative estimate of drug-likeness (QED) is 0.919. The van der Waals surface area contributed by atoms with Crippen molar-refractivity contribution in [2.24, 2.45) is 0 Å². The van der Waals surface area contributed by atoms with E-state index in [9.17, 15) is 14.3 Å². The minimum absolute atomic E-state index is 0.196. The highest BCUT2D eigenvalue weighted by molar-refractivity contribution is 5.93. The molecule has 0 saturated carbocycles. The van der Waals surface area contributed by atoms with E-state index in [1.165, 1.54) is 18.2 Å². The maximum Gasteiger partial charge on any atom is 0.273 e. The Morgan fingerprint density at radius 3 is 2.67 bits per heavy atom. The van der Waals surface area contributed by atoms with E-state index in [4.69, 9.17) is 5.26 Å². The first-order valence-electron chi connectivity index (χ1n) is 7.62. The van der Waals surface area contributed by atoms with Crippen molar-refractivity contribution in [3.05, 3.63) is 64.7 Å². The van der Waals surface area contributed by atoms with Gasteiger partial charge in [0.05, 0.1) is 23.4 Å². The number of halogens is 1. The molecule has 0 bridgehead atoms. The predicted octanol–water partition coefficient (Wildman–Crippen LogP) is 2.35. The van der Waals surface area contributed by atoms with Gasteiger partial charge in [0.2, 0.25) is 0 Å². The monoisotopic (exact) mass is 325 g/mol. The first kappa shape index (κ1) is 16.1. The van der Waals surface area contributed by atoms with Crippen LogP contribution in [0.15, 0.2) is 36.4 Å². The normalized spacial score (nSPS) is 20.0. The fraction of sp³-hybridized carbons (Fsp3) is 0.278. The molecule has 1 aliphatic rings. The third-order valence-electron chi connectivity index (χ3n) is 4.22. The molecular formula is C18H16FN3O2. The molecule has 5 nitrogen and oxygen atoms in total. The van der Waals surface area contributed by atoms with Gasteiger partial charge in [-0.1, -0.05) is 12.1 Å². The van der Waals surface area contributed by atoms with Gasteiger partial charge >= 0.3 is 0 Å². The van der Waals surface area contributed by atoms with Crippen molar-refractivity contribution >= 4 is 5.91 Å². The molecule has 0 aliphatic carbocycles. The number of carbonyl (C=O) groups excluding carboxylic acids is 1. The highest BCUT2D eigenvalue weighted by Crippen LogP contribution is 2.33. The number of aromatic nitrogens is 1. The lowest BCUT2D eigenvalue weighted by atomic mass is 10.0. The molecule has 1 aromatic heterocycles. The van der Waals surface area contributed by atoms with Crippen LogP contribution in [-0.2, 0) is 0 Å². The molecule has 0 unspecified atom stereocenters. The first-order chi connectivity index (χ1) is 11.5. The molecule has 1 fully saturated rings. The number of benzene rings is 1. The van der Waals surface area contributed by atoms with Crippen molar-refractivity contribution in [1.82, 2.24) is 9.88 Å². The fourth-order valence-corrected chi connectivity index (χ4v) is 2.98. The minimum atomic E-state index is -0.636. The fourth-order valence-electron chi connectivity index (χ4n) is 2.98. The van der Waals surface area contributed by atoms with Crippen molar-refractivity contribution in [1.29, 1.82) is 5.26 Å². The Morgan fingerprint density at radius 2 is 2.04 bits per heavy atom. The molecule has 2 aromatic rings. The van der Waals surface area contributed by atoms with E-state index in [1.54, 1.807) is 30.0 Å². The second-order valence-electron chi connectivity index (χ2n) is 5.86. The Morgan fingerprint density at radius 1 is 1.33 bits per heavy atom. The number of hydrogen-bond acceptors (Lipinski definition) is 4. The Kier molecular flexibility index (Phi) is 4.28. The van der Waals surface area contributed by atoms with Gasteiger partial charge in [0.25, 0.3) is 5.91 Å². The summed E-state index contributed by atoms with van der Waals surface area (Å²) in [6, 6.07) is 10.7. The maximum absolute atomic E-state index is 13.1. The number of aliphatic hydroxyl groups excluding tert-OH is 1. The van der Waals surface area contributed by atoms with E-state index in [1.807, 2.05) is 6.07 Å². The molecule has 6 heteroatoms. The number of nitriles is 1. The Labute approximate surface area is 139 Å². The van der Waals surface area contributed by atoms with Gasteiger partial charge < -0.3 is 10.0 Å². The summed E-state index contributed by atoms with van der Waals surface area (Å²) in [5, 5.41) is 18.9. The third kappa shape index (κ3) is 2.99. The van der Waals surface area contributed by atoms with E-state index < -0.39 is 6.10 Å². The number of carbonyl (C=O) groups is 1. The summed E-state index contributed by atoms with van der Waals surface area (Å²) in [7, 11) is 0. The highest BCUT2D eigenvalue weighted by Gasteiger charge is 2.36. The third-order valence-corrected chi connectivity index (χ3v) is 4.22. The molecule has 2 heterocycles. The Balaban J connectivity index is 1.91. The molecule has 1 aromatic carbocycles. The Hall–Kier alpha value is -2.78. The van der Waals surface area contributed by atoms with Crippen LogP contribution in [-0.4, -0.2) is 33.5 Å². The largest absolute Gasteiger partial charge is 0.391 e. The molecule has 122 valence electrons. The van der Waals surface area contributed by atoms with Crippen LogP contribution in [0.5, 0.6) is 0 Å². The average molecular weight is 325 g/mol. The van der Waals surface area contributed by atoms with Gasteiger partial charge in [-0.2, -0.15) is 5.26 Å². The molecule has 2 atom stereocenters. The van der Waals surface area contributed by atoms with Crippen molar-refractivity contribution in [2.75, 3.05) is 6.54 Å². The standard InChI is InChI=1S/C18H16FN3O2/c1-11-13(9-20)4-7-16(21-11)18(24)22-10-15(23)8-17(22)12-2-5-14(19)6-3-12/h2-7,15,17,23H,8,10H2,1H3/t15-,17+/m1/s1. The lowest BCUT2D eigenvalue weighted by Gasteiger charge is -2.24. The lowest BCUT2D eigenvalue weighted by molar-refractivity contribution is 0.0709. The van der Waals surface area contributed by atoms with E-state index in [2.05, 4.69) is 4.98 Å². The minimum Gasteiger partial charge on any atom is -0.391 e. The molecule has 1 amide bonds. The number of nitrogens with zero attached hydrogens (tertiary/aromatic N) is 3. The zero-order chi connectivity index (χ0) is 17.3. The maximum atomic E-state index is 13.1. The summed E-state index contributed by atoms with van der Waals surface area (Å²) < 4.78 is 13.1. The molecule has 0 spiro atoms. The van der Waals surface area contributed by atoms with Crippen molar-refractivity contribution in [3.8, 4) is 6.07 Å². The van der Waals surface area contributed by atoms with Gasteiger partial charge in [0.1, 0.15) is 17.6 Å². The molecule has 3 rings (SSSR count). The van der Waals surface area contributed by atoms with Crippen molar-refractivity contribution in [2.45, 2.75) is 25.5 Å². The number of aliphatic hydroxyl groups is 1. The number of rotatable bonds is 2. The predicted molar refractivity (Wildman–Crippen MR) is 84.5 cm³/mol. The molecule has 1 saturated heterocycles. The van der Waals surface area contributed by atoms with Crippen LogP contribution in [0.3, 0.4) is 0 Å². The lowest BCUT2D eigenvalue weighted by Crippen LogP contribution is -2.32. The van der Waals surface area contributed by atoms with Gasteiger partial charge in [-0.05, 0) is 43.2 Å². The van der Waals surface area contributed by atoms with E-state index in [-0.39, 0.29) is 30.0 Å². The summed E-state index contributed by atoms with van der Waals surface area (Å²) in [6.07, 6.45) is -0.240. The molecular weight excluding hydrogens is 309 g/mol. The molecule has 24 heavy (non-hydrogen) atoms. The molecule has 0 radical (unpaired) electrons. The van der Waals surface area contributed by atoms with Gasteiger partial charge in [0.15, 0.2) is 0 Å². The second kappa shape index (κ2) is 6.38. The SMILES string of the molecule is Cc1nc(C(=O)N2C[C@H](O)C[C@H]2c2ccc(F)cc2)ccc1C#N. The zero-order valence-corrected chi connectivity index (χ0v) is 13.1. The van der Waals surface area contributed by atoms with Gasteiger partial charge in [0, 0.05) is 6.54 Å². The summed E-state index contributed by atoms with van der Waals surface area (Å²) in [4.78, 5) is 18.5. The molecule has 1 N–H and O–H groups in total. The highest BCUT2D eigenvalue weighted by atomic mass is 19.1. The van der Waals surface area contributed by atoms with Crippen LogP contribution < -0.4 is 0 Å². The number of amides is 1. The van der Waals surface area contributed by atoms with Crippen LogP contribution >= 0.6 is 0 Å². The molecule has 1 aliphatic heterocycles. The number of pyridine rings is 1.